The lowest BCUT2D eigenvalue weighted by atomic mass is 9.96. The van der Waals surface area contributed by atoms with Crippen molar-refractivity contribution in [2.45, 2.75) is 43.9 Å². The minimum atomic E-state index is -0.283. The predicted octanol–water partition coefficient (Wildman–Crippen LogP) is 3.40. The van der Waals surface area contributed by atoms with Crippen LogP contribution in [0.25, 0.3) is 10.8 Å². The van der Waals surface area contributed by atoms with Crippen LogP contribution in [0.4, 0.5) is 5.69 Å². The van der Waals surface area contributed by atoms with Crippen molar-refractivity contribution in [2.24, 2.45) is 0 Å². The SMILES string of the molecule is COCC(=O)O[C@H]1C[C@H]2CC[C@@H](C1)N2c1ccc(C#N)c2ccccc12. The lowest BCUT2D eigenvalue weighted by molar-refractivity contribution is -0.154. The fourth-order valence-corrected chi connectivity index (χ4v) is 4.56. The first kappa shape index (κ1) is 16.9. The van der Waals surface area contributed by atoms with E-state index >= 15 is 0 Å². The fraction of sp³-hybridized carbons (Fsp3) is 0.429. The molecule has 0 spiro atoms. The van der Waals surface area contributed by atoms with Crippen LogP contribution in [-0.2, 0) is 14.3 Å². The summed E-state index contributed by atoms with van der Waals surface area (Å²) in [6, 6.07) is 15.1. The third-order valence-corrected chi connectivity index (χ3v) is 5.55. The van der Waals surface area contributed by atoms with Crippen LogP contribution in [-0.4, -0.2) is 37.9 Å². The van der Waals surface area contributed by atoms with Crippen molar-refractivity contribution in [1.29, 1.82) is 5.26 Å². The average molecular weight is 350 g/mol. The number of esters is 1. The number of nitrogens with zero attached hydrogens (tertiary/aromatic N) is 2. The third kappa shape index (κ3) is 2.91. The maximum absolute atomic E-state index is 11.8. The van der Waals surface area contributed by atoms with E-state index in [4.69, 9.17) is 9.47 Å². The first-order chi connectivity index (χ1) is 12.7. The summed E-state index contributed by atoms with van der Waals surface area (Å²) >= 11 is 0. The van der Waals surface area contributed by atoms with Gasteiger partial charge in [-0.1, -0.05) is 24.3 Å². The molecule has 0 radical (unpaired) electrons. The quantitative estimate of drug-likeness (QED) is 0.791. The number of benzene rings is 2. The topological polar surface area (TPSA) is 62.6 Å². The summed E-state index contributed by atoms with van der Waals surface area (Å²) in [5.41, 5.74) is 1.90. The van der Waals surface area contributed by atoms with Gasteiger partial charge < -0.3 is 14.4 Å². The first-order valence-corrected chi connectivity index (χ1v) is 9.10. The van der Waals surface area contributed by atoms with Crippen LogP contribution in [0.3, 0.4) is 0 Å². The van der Waals surface area contributed by atoms with E-state index in [1.54, 1.807) is 0 Å². The minimum Gasteiger partial charge on any atom is -0.461 e. The summed E-state index contributed by atoms with van der Waals surface area (Å²) < 4.78 is 10.5. The van der Waals surface area contributed by atoms with Gasteiger partial charge in [-0.05, 0) is 25.0 Å². The number of carbonyl (C=O) groups is 1. The van der Waals surface area contributed by atoms with Gasteiger partial charge in [-0.3, -0.25) is 0 Å². The standard InChI is InChI=1S/C21H22N2O3/c1-25-13-21(24)26-17-10-15-7-8-16(11-17)23(15)20-9-6-14(12-22)18-4-2-3-5-19(18)20/h2-6,9,15-17H,7-8,10-11,13H2,1H3/t15-,16+,17+. The number of anilines is 1. The molecule has 0 amide bonds. The maximum atomic E-state index is 11.8. The van der Waals surface area contributed by atoms with Crippen molar-refractivity contribution in [2.75, 3.05) is 18.6 Å². The van der Waals surface area contributed by atoms with Crippen LogP contribution in [0.5, 0.6) is 0 Å². The molecule has 2 saturated heterocycles. The number of ether oxygens (including phenoxy) is 2. The molecule has 2 aliphatic rings. The Morgan fingerprint density at radius 3 is 2.50 bits per heavy atom. The molecular formula is C21H22N2O3. The average Bonchev–Trinajstić information content (AvgIpc) is 2.91. The molecule has 0 aliphatic carbocycles. The Morgan fingerprint density at radius 2 is 1.85 bits per heavy atom. The maximum Gasteiger partial charge on any atom is 0.332 e. The van der Waals surface area contributed by atoms with E-state index in [1.807, 2.05) is 24.3 Å². The van der Waals surface area contributed by atoms with E-state index in [-0.39, 0.29) is 18.7 Å². The predicted molar refractivity (Wildman–Crippen MR) is 98.9 cm³/mol. The number of carbonyl (C=O) groups excluding carboxylic acids is 1. The molecule has 0 saturated carbocycles. The van der Waals surface area contributed by atoms with E-state index in [2.05, 4.69) is 23.1 Å². The molecular weight excluding hydrogens is 328 g/mol. The molecule has 3 atom stereocenters. The second-order valence-electron chi connectivity index (χ2n) is 7.10. The zero-order valence-corrected chi connectivity index (χ0v) is 14.9. The summed E-state index contributed by atoms with van der Waals surface area (Å²) in [4.78, 5) is 14.2. The summed E-state index contributed by atoms with van der Waals surface area (Å²) in [6.45, 7) is 0.00973. The number of fused-ring (bicyclic) bond motifs is 3. The fourth-order valence-electron chi connectivity index (χ4n) is 4.56. The molecule has 4 rings (SSSR count). The van der Waals surface area contributed by atoms with Crippen LogP contribution in [0.15, 0.2) is 36.4 Å². The molecule has 2 aromatic carbocycles. The normalized spacial score (nSPS) is 24.5. The Kier molecular flexibility index (Phi) is 4.52. The van der Waals surface area contributed by atoms with Crippen LogP contribution >= 0.6 is 0 Å². The second-order valence-corrected chi connectivity index (χ2v) is 7.10. The zero-order valence-electron chi connectivity index (χ0n) is 14.9. The number of nitriles is 1. The highest BCUT2D eigenvalue weighted by Crippen LogP contribution is 2.43. The summed E-state index contributed by atoms with van der Waals surface area (Å²) in [6.07, 6.45) is 3.88. The minimum absolute atomic E-state index is 0.00973. The summed E-state index contributed by atoms with van der Waals surface area (Å²) in [5, 5.41) is 11.5. The number of hydrogen-bond acceptors (Lipinski definition) is 5. The Hall–Kier alpha value is -2.58. The molecule has 0 unspecified atom stereocenters. The van der Waals surface area contributed by atoms with Crippen LogP contribution in [0, 0.1) is 11.3 Å². The Balaban J connectivity index is 1.62. The van der Waals surface area contributed by atoms with Gasteiger partial charge in [-0.15, -0.1) is 0 Å². The van der Waals surface area contributed by atoms with Gasteiger partial charge in [0.2, 0.25) is 0 Å². The lowest BCUT2D eigenvalue weighted by Gasteiger charge is -2.40. The van der Waals surface area contributed by atoms with Crippen molar-refractivity contribution in [3.8, 4) is 6.07 Å². The van der Waals surface area contributed by atoms with Crippen molar-refractivity contribution in [3.63, 3.8) is 0 Å². The van der Waals surface area contributed by atoms with E-state index in [0.29, 0.717) is 17.6 Å². The highest BCUT2D eigenvalue weighted by molar-refractivity contribution is 5.98. The summed E-state index contributed by atoms with van der Waals surface area (Å²) in [7, 11) is 1.50. The highest BCUT2D eigenvalue weighted by Gasteiger charge is 2.42. The number of methoxy groups -OCH3 is 1. The van der Waals surface area contributed by atoms with E-state index < -0.39 is 0 Å². The molecule has 2 fully saturated rings. The number of rotatable bonds is 4. The molecule has 0 N–H and O–H groups in total. The van der Waals surface area contributed by atoms with Crippen LogP contribution in [0.1, 0.15) is 31.2 Å². The van der Waals surface area contributed by atoms with Gasteiger partial charge in [0, 0.05) is 48.5 Å². The van der Waals surface area contributed by atoms with Crippen molar-refractivity contribution in [3.05, 3.63) is 42.0 Å². The number of hydrogen-bond donors (Lipinski definition) is 0. The first-order valence-electron chi connectivity index (χ1n) is 9.10. The van der Waals surface area contributed by atoms with Gasteiger partial charge in [0.05, 0.1) is 11.6 Å². The second kappa shape index (κ2) is 6.97. The van der Waals surface area contributed by atoms with E-state index in [9.17, 15) is 10.1 Å². The highest BCUT2D eigenvalue weighted by atomic mass is 16.6. The number of piperidine rings is 1. The molecule has 5 nitrogen and oxygen atoms in total. The molecule has 2 heterocycles. The Morgan fingerprint density at radius 1 is 1.15 bits per heavy atom. The molecule has 134 valence electrons. The molecule has 2 bridgehead atoms. The van der Waals surface area contributed by atoms with Gasteiger partial charge >= 0.3 is 5.97 Å². The molecule has 2 aromatic rings. The molecule has 26 heavy (non-hydrogen) atoms. The van der Waals surface area contributed by atoms with E-state index in [1.165, 1.54) is 12.8 Å². The lowest BCUT2D eigenvalue weighted by Crippen LogP contribution is -2.46. The largest absolute Gasteiger partial charge is 0.461 e. The van der Waals surface area contributed by atoms with Gasteiger partial charge in [-0.25, -0.2) is 4.79 Å². The van der Waals surface area contributed by atoms with Crippen LogP contribution < -0.4 is 4.90 Å². The van der Waals surface area contributed by atoms with Gasteiger partial charge in [0.15, 0.2) is 0 Å². The van der Waals surface area contributed by atoms with Gasteiger partial charge in [0.25, 0.3) is 0 Å². The zero-order chi connectivity index (χ0) is 18.1. The third-order valence-electron chi connectivity index (χ3n) is 5.55. The smallest absolute Gasteiger partial charge is 0.332 e. The van der Waals surface area contributed by atoms with E-state index in [0.717, 1.165) is 36.5 Å². The van der Waals surface area contributed by atoms with Crippen molar-refractivity contribution < 1.29 is 14.3 Å². The molecule has 0 aromatic heterocycles. The Labute approximate surface area is 153 Å². The Bertz CT molecular complexity index is 859. The molecule has 5 heteroatoms. The van der Waals surface area contributed by atoms with Gasteiger partial charge in [-0.2, -0.15) is 5.26 Å². The summed E-state index contributed by atoms with van der Waals surface area (Å²) in [5.74, 6) is -0.283. The molecule has 2 aliphatic heterocycles. The van der Waals surface area contributed by atoms with Gasteiger partial charge in [0.1, 0.15) is 12.7 Å². The van der Waals surface area contributed by atoms with Crippen LogP contribution in [0.2, 0.25) is 0 Å². The monoisotopic (exact) mass is 350 g/mol. The van der Waals surface area contributed by atoms with Crippen molar-refractivity contribution in [1.82, 2.24) is 0 Å². The van der Waals surface area contributed by atoms with Crippen molar-refractivity contribution >= 4 is 22.4 Å².